The van der Waals surface area contributed by atoms with Gasteiger partial charge in [0.1, 0.15) is 5.75 Å². The first kappa shape index (κ1) is 13.2. The Labute approximate surface area is 110 Å². The third kappa shape index (κ3) is 2.96. The number of hydrogen-bond donors (Lipinski definition) is 1. The Morgan fingerprint density at radius 2 is 2.22 bits per heavy atom. The highest BCUT2D eigenvalue weighted by atomic mass is 16.5. The number of nitrogens with zero attached hydrogens (tertiary/aromatic N) is 1. The number of anilines is 1. The quantitative estimate of drug-likeness (QED) is 0.866. The number of methoxy groups -OCH3 is 1. The van der Waals surface area contributed by atoms with Gasteiger partial charge < -0.3 is 15.0 Å². The van der Waals surface area contributed by atoms with E-state index < -0.39 is 0 Å². The molecule has 0 aliphatic heterocycles. The number of hydrogen-bond acceptors (Lipinski definition) is 3. The fourth-order valence-corrected chi connectivity index (χ4v) is 2.94. The fourth-order valence-electron chi connectivity index (χ4n) is 2.94. The summed E-state index contributed by atoms with van der Waals surface area (Å²) in [6.07, 6.45) is 4.00. The maximum Gasteiger partial charge on any atom is 0.120 e. The lowest BCUT2D eigenvalue weighted by atomic mass is 10.0. The van der Waals surface area contributed by atoms with Crippen LogP contribution in [0, 0.1) is 5.92 Å². The van der Waals surface area contributed by atoms with Crippen LogP contribution in [0.5, 0.6) is 5.75 Å². The van der Waals surface area contributed by atoms with Crippen LogP contribution in [0.25, 0.3) is 0 Å². The van der Waals surface area contributed by atoms with Gasteiger partial charge in [-0.2, -0.15) is 0 Å². The minimum Gasteiger partial charge on any atom is -0.497 e. The van der Waals surface area contributed by atoms with E-state index in [9.17, 15) is 0 Å². The first-order valence-corrected chi connectivity index (χ1v) is 6.77. The highest BCUT2D eigenvalue weighted by Gasteiger charge is 2.26. The Kier molecular flexibility index (Phi) is 4.48. The van der Waals surface area contributed by atoms with Crippen molar-refractivity contribution in [2.75, 3.05) is 32.6 Å². The topological polar surface area (TPSA) is 24.5 Å². The molecule has 0 aromatic heterocycles. The van der Waals surface area contributed by atoms with Crippen molar-refractivity contribution in [1.29, 1.82) is 0 Å². The minimum absolute atomic E-state index is 0.679. The lowest BCUT2D eigenvalue weighted by Crippen LogP contribution is -2.36. The summed E-state index contributed by atoms with van der Waals surface area (Å²) in [5.74, 6) is 1.68. The molecule has 0 heterocycles. The fraction of sp³-hybridized carbons (Fsp3) is 0.600. The predicted molar refractivity (Wildman–Crippen MR) is 76.5 cm³/mol. The summed E-state index contributed by atoms with van der Waals surface area (Å²) in [4.78, 5) is 2.34. The Morgan fingerprint density at radius 1 is 1.39 bits per heavy atom. The van der Waals surface area contributed by atoms with E-state index in [4.69, 9.17) is 4.74 Å². The van der Waals surface area contributed by atoms with Gasteiger partial charge >= 0.3 is 0 Å². The molecular weight excluding hydrogens is 224 g/mol. The molecule has 1 saturated carbocycles. The van der Waals surface area contributed by atoms with Gasteiger partial charge in [-0.05, 0) is 37.9 Å². The molecule has 1 fully saturated rings. The Bertz CT molecular complexity index is 381. The molecule has 3 heteroatoms. The molecule has 100 valence electrons. The van der Waals surface area contributed by atoms with Crippen LogP contribution in [0.2, 0.25) is 0 Å². The standard InChI is InChI=1S/C15H24N2O/c1-16-15-9-4-6-12(15)11-17(2)13-7-5-8-14(10-13)18-3/h5,7-8,10,12,15-16H,4,6,9,11H2,1-3H3. The molecule has 2 unspecified atom stereocenters. The highest BCUT2D eigenvalue weighted by molar-refractivity contribution is 5.50. The van der Waals surface area contributed by atoms with E-state index in [0.29, 0.717) is 6.04 Å². The second-order valence-electron chi connectivity index (χ2n) is 5.17. The van der Waals surface area contributed by atoms with E-state index in [-0.39, 0.29) is 0 Å². The van der Waals surface area contributed by atoms with Gasteiger partial charge in [0.05, 0.1) is 7.11 Å². The predicted octanol–water partition coefficient (Wildman–Crippen LogP) is 2.52. The van der Waals surface area contributed by atoms with Crippen LogP contribution < -0.4 is 15.0 Å². The first-order chi connectivity index (χ1) is 8.74. The van der Waals surface area contributed by atoms with E-state index in [0.717, 1.165) is 18.2 Å². The summed E-state index contributed by atoms with van der Waals surface area (Å²) in [5.41, 5.74) is 1.23. The second kappa shape index (κ2) is 6.10. The molecule has 0 spiro atoms. The van der Waals surface area contributed by atoms with Crippen molar-refractivity contribution in [1.82, 2.24) is 5.32 Å². The average molecular weight is 248 g/mol. The molecule has 2 rings (SSSR count). The maximum absolute atomic E-state index is 5.28. The average Bonchev–Trinajstić information content (AvgIpc) is 2.86. The van der Waals surface area contributed by atoms with Gasteiger partial charge in [0, 0.05) is 31.4 Å². The van der Waals surface area contributed by atoms with E-state index in [1.165, 1.54) is 24.9 Å². The van der Waals surface area contributed by atoms with Crippen LogP contribution in [0.1, 0.15) is 19.3 Å². The zero-order chi connectivity index (χ0) is 13.0. The molecule has 1 aliphatic carbocycles. The van der Waals surface area contributed by atoms with Crippen molar-refractivity contribution in [2.45, 2.75) is 25.3 Å². The van der Waals surface area contributed by atoms with Gasteiger partial charge in [-0.3, -0.25) is 0 Å². The summed E-state index contributed by atoms with van der Waals surface area (Å²) >= 11 is 0. The van der Waals surface area contributed by atoms with Crippen molar-refractivity contribution in [3.63, 3.8) is 0 Å². The summed E-state index contributed by atoms with van der Waals surface area (Å²) in [6.45, 7) is 1.11. The van der Waals surface area contributed by atoms with Crippen LogP contribution in [-0.2, 0) is 0 Å². The third-order valence-electron chi connectivity index (χ3n) is 4.03. The Hall–Kier alpha value is -1.22. The summed E-state index contributed by atoms with van der Waals surface area (Å²) < 4.78 is 5.28. The highest BCUT2D eigenvalue weighted by Crippen LogP contribution is 2.28. The monoisotopic (exact) mass is 248 g/mol. The second-order valence-corrected chi connectivity index (χ2v) is 5.17. The molecule has 1 aromatic carbocycles. The van der Waals surface area contributed by atoms with E-state index in [2.05, 4.69) is 42.5 Å². The zero-order valence-corrected chi connectivity index (χ0v) is 11.6. The van der Waals surface area contributed by atoms with Gasteiger partial charge in [0.15, 0.2) is 0 Å². The van der Waals surface area contributed by atoms with Crippen molar-refractivity contribution in [3.8, 4) is 5.75 Å². The molecule has 18 heavy (non-hydrogen) atoms. The van der Waals surface area contributed by atoms with Gasteiger partial charge in [-0.1, -0.05) is 12.5 Å². The van der Waals surface area contributed by atoms with Crippen molar-refractivity contribution >= 4 is 5.69 Å². The smallest absolute Gasteiger partial charge is 0.120 e. The summed E-state index contributed by atoms with van der Waals surface area (Å²) in [5, 5.41) is 3.44. The van der Waals surface area contributed by atoms with Gasteiger partial charge in [0.2, 0.25) is 0 Å². The molecule has 0 radical (unpaired) electrons. The number of nitrogens with one attached hydrogen (secondary N) is 1. The van der Waals surface area contributed by atoms with E-state index in [1.54, 1.807) is 7.11 Å². The van der Waals surface area contributed by atoms with Crippen LogP contribution in [0.3, 0.4) is 0 Å². The number of rotatable bonds is 5. The van der Waals surface area contributed by atoms with Crippen molar-refractivity contribution in [3.05, 3.63) is 24.3 Å². The van der Waals surface area contributed by atoms with Crippen molar-refractivity contribution in [2.24, 2.45) is 5.92 Å². The van der Waals surface area contributed by atoms with E-state index >= 15 is 0 Å². The van der Waals surface area contributed by atoms with E-state index in [1.807, 2.05) is 6.07 Å². The van der Waals surface area contributed by atoms with Crippen molar-refractivity contribution < 1.29 is 4.74 Å². The molecule has 1 aromatic rings. The summed E-state index contributed by atoms with van der Waals surface area (Å²) in [7, 11) is 5.96. The molecule has 0 bridgehead atoms. The van der Waals surface area contributed by atoms with Gasteiger partial charge in [0.25, 0.3) is 0 Å². The minimum atomic E-state index is 0.679. The zero-order valence-electron chi connectivity index (χ0n) is 11.6. The molecule has 1 N–H and O–H groups in total. The molecule has 3 nitrogen and oxygen atoms in total. The van der Waals surface area contributed by atoms with Gasteiger partial charge in [-0.25, -0.2) is 0 Å². The van der Waals surface area contributed by atoms with Crippen LogP contribution in [0.15, 0.2) is 24.3 Å². The third-order valence-corrected chi connectivity index (χ3v) is 4.03. The van der Waals surface area contributed by atoms with Crippen LogP contribution >= 0.6 is 0 Å². The van der Waals surface area contributed by atoms with Gasteiger partial charge in [-0.15, -0.1) is 0 Å². The Morgan fingerprint density at radius 3 is 2.94 bits per heavy atom. The molecule has 2 atom stereocenters. The molecule has 1 aliphatic rings. The SMILES string of the molecule is CNC1CCCC1CN(C)c1cccc(OC)c1. The molecule has 0 amide bonds. The van der Waals surface area contributed by atoms with Crippen LogP contribution in [0.4, 0.5) is 5.69 Å². The first-order valence-electron chi connectivity index (χ1n) is 6.77. The lowest BCUT2D eigenvalue weighted by Gasteiger charge is -2.27. The number of benzene rings is 1. The maximum atomic E-state index is 5.28. The number of ether oxygens (including phenoxy) is 1. The molecular formula is C15H24N2O. The Balaban J connectivity index is 2.00. The normalized spacial score (nSPS) is 23.1. The lowest BCUT2D eigenvalue weighted by molar-refractivity contribution is 0.413. The van der Waals surface area contributed by atoms with Crippen LogP contribution in [-0.4, -0.2) is 33.8 Å². The largest absolute Gasteiger partial charge is 0.497 e. The summed E-state index contributed by atoms with van der Waals surface area (Å²) in [6, 6.07) is 8.96. The molecule has 0 saturated heterocycles.